The SMILES string of the molecule is COc1ccc(C2CCCC2)cc1F. The van der Waals surface area contributed by atoms with E-state index in [2.05, 4.69) is 0 Å². The topological polar surface area (TPSA) is 9.23 Å². The summed E-state index contributed by atoms with van der Waals surface area (Å²) in [6.45, 7) is 0. The molecule has 1 saturated carbocycles. The van der Waals surface area contributed by atoms with Gasteiger partial charge in [0.05, 0.1) is 7.11 Å². The molecule has 1 aliphatic rings. The fourth-order valence-electron chi connectivity index (χ4n) is 2.20. The summed E-state index contributed by atoms with van der Waals surface area (Å²) in [5.41, 5.74) is 1.13. The van der Waals surface area contributed by atoms with Crippen LogP contribution in [0.3, 0.4) is 0 Å². The third kappa shape index (κ3) is 1.74. The summed E-state index contributed by atoms with van der Waals surface area (Å²) < 4.78 is 18.3. The molecule has 0 bridgehead atoms. The Morgan fingerprint density at radius 2 is 2.00 bits per heavy atom. The van der Waals surface area contributed by atoms with Crippen molar-refractivity contribution in [1.82, 2.24) is 0 Å². The zero-order valence-electron chi connectivity index (χ0n) is 8.42. The van der Waals surface area contributed by atoms with Crippen LogP contribution < -0.4 is 4.74 Å². The Hall–Kier alpha value is -1.05. The number of methoxy groups -OCH3 is 1. The number of halogens is 1. The molecule has 0 amide bonds. The van der Waals surface area contributed by atoms with Gasteiger partial charge in [0.15, 0.2) is 11.6 Å². The molecule has 0 unspecified atom stereocenters. The number of hydrogen-bond donors (Lipinski definition) is 0. The van der Waals surface area contributed by atoms with Crippen LogP contribution in [-0.2, 0) is 0 Å². The van der Waals surface area contributed by atoms with E-state index in [-0.39, 0.29) is 5.82 Å². The summed E-state index contributed by atoms with van der Waals surface area (Å²) in [7, 11) is 1.49. The lowest BCUT2D eigenvalue weighted by molar-refractivity contribution is 0.386. The Balaban J connectivity index is 2.23. The van der Waals surface area contributed by atoms with Crippen molar-refractivity contribution in [2.75, 3.05) is 7.11 Å². The number of hydrogen-bond acceptors (Lipinski definition) is 1. The lowest BCUT2D eigenvalue weighted by Gasteiger charge is -2.10. The van der Waals surface area contributed by atoms with E-state index in [4.69, 9.17) is 4.74 Å². The molecule has 14 heavy (non-hydrogen) atoms. The first-order valence-corrected chi connectivity index (χ1v) is 5.14. The molecule has 0 aromatic heterocycles. The summed E-state index contributed by atoms with van der Waals surface area (Å²) in [4.78, 5) is 0. The Bertz CT molecular complexity index is 316. The van der Waals surface area contributed by atoms with Crippen molar-refractivity contribution in [3.05, 3.63) is 29.6 Å². The van der Waals surface area contributed by atoms with Gasteiger partial charge in [0, 0.05) is 0 Å². The van der Waals surface area contributed by atoms with Gasteiger partial charge in [-0.3, -0.25) is 0 Å². The van der Waals surface area contributed by atoms with Crippen LogP contribution in [0.4, 0.5) is 4.39 Å². The van der Waals surface area contributed by atoms with Crippen molar-refractivity contribution in [1.29, 1.82) is 0 Å². The normalized spacial score (nSPS) is 17.3. The van der Waals surface area contributed by atoms with Crippen molar-refractivity contribution >= 4 is 0 Å². The highest BCUT2D eigenvalue weighted by Crippen LogP contribution is 2.35. The van der Waals surface area contributed by atoms with E-state index < -0.39 is 0 Å². The maximum atomic E-state index is 13.4. The average molecular weight is 194 g/mol. The van der Waals surface area contributed by atoms with Crippen LogP contribution in [0.25, 0.3) is 0 Å². The summed E-state index contributed by atoms with van der Waals surface area (Å²) in [5.74, 6) is 0.666. The summed E-state index contributed by atoms with van der Waals surface area (Å²) in [6, 6.07) is 5.33. The highest BCUT2D eigenvalue weighted by molar-refractivity contribution is 5.31. The Morgan fingerprint density at radius 3 is 2.57 bits per heavy atom. The second-order valence-electron chi connectivity index (χ2n) is 3.88. The third-order valence-electron chi connectivity index (χ3n) is 3.00. The van der Waals surface area contributed by atoms with Gasteiger partial charge in [-0.2, -0.15) is 0 Å². The van der Waals surface area contributed by atoms with Gasteiger partial charge in [0.2, 0.25) is 0 Å². The van der Waals surface area contributed by atoms with E-state index in [0.29, 0.717) is 11.7 Å². The minimum atomic E-state index is -0.239. The first-order chi connectivity index (χ1) is 6.81. The molecule has 0 heterocycles. The molecule has 0 spiro atoms. The van der Waals surface area contributed by atoms with Crippen molar-refractivity contribution < 1.29 is 9.13 Å². The molecule has 1 fully saturated rings. The Morgan fingerprint density at radius 1 is 1.29 bits per heavy atom. The van der Waals surface area contributed by atoms with Crippen molar-refractivity contribution in [3.63, 3.8) is 0 Å². The highest BCUT2D eigenvalue weighted by Gasteiger charge is 2.18. The molecule has 2 rings (SSSR count). The van der Waals surface area contributed by atoms with E-state index in [1.807, 2.05) is 6.07 Å². The zero-order chi connectivity index (χ0) is 9.97. The standard InChI is InChI=1S/C12H15FO/c1-14-12-7-6-10(8-11(12)13)9-4-2-3-5-9/h6-9H,2-5H2,1H3. The van der Waals surface area contributed by atoms with Crippen LogP contribution in [-0.4, -0.2) is 7.11 Å². The van der Waals surface area contributed by atoms with E-state index in [0.717, 1.165) is 5.56 Å². The molecule has 1 nitrogen and oxygen atoms in total. The van der Waals surface area contributed by atoms with Crippen LogP contribution in [0.2, 0.25) is 0 Å². The molecule has 0 N–H and O–H groups in total. The van der Waals surface area contributed by atoms with Crippen LogP contribution >= 0.6 is 0 Å². The summed E-state index contributed by atoms with van der Waals surface area (Å²) in [5, 5.41) is 0. The van der Waals surface area contributed by atoms with Gasteiger partial charge < -0.3 is 4.74 Å². The number of rotatable bonds is 2. The van der Waals surface area contributed by atoms with Gasteiger partial charge in [-0.25, -0.2) is 4.39 Å². The van der Waals surface area contributed by atoms with Gasteiger partial charge in [-0.1, -0.05) is 18.9 Å². The molecular formula is C12H15FO. The average Bonchev–Trinajstić information content (AvgIpc) is 2.70. The molecule has 1 aliphatic carbocycles. The molecule has 0 radical (unpaired) electrons. The summed E-state index contributed by atoms with van der Waals surface area (Å²) in [6.07, 6.45) is 4.95. The van der Waals surface area contributed by atoms with Gasteiger partial charge in [-0.15, -0.1) is 0 Å². The minimum Gasteiger partial charge on any atom is -0.494 e. The van der Waals surface area contributed by atoms with E-state index in [1.54, 1.807) is 12.1 Å². The minimum absolute atomic E-state index is 0.239. The predicted molar refractivity (Wildman–Crippen MR) is 54.2 cm³/mol. The molecule has 0 atom stereocenters. The molecule has 0 saturated heterocycles. The molecule has 1 aromatic carbocycles. The maximum Gasteiger partial charge on any atom is 0.165 e. The first-order valence-electron chi connectivity index (χ1n) is 5.14. The number of benzene rings is 1. The smallest absolute Gasteiger partial charge is 0.165 e. The second kappa shape index (κ2) is 3.99. The number of ether oxygens (including phenoxy) is 1. The Kier molecular flexibility index (Phi) is 2.71. The second-order valence-corrected chi connectivity index (χ2v) is 3.88. The van der Waals surface area contributed by atoms with Crippen LogP contribution in [0.1, 0.15) is 37.2 Å². The predicted octanol–water partition coefficient (Wildman–Crippen LogP) is 3.49. The largest absolute Gasteiger partial charge is 0.494 e. The quantitative estimate of drug-likeness (QED) is 0.700. The van der Waals surface area contributed by atoms with Crippen molar-refractivity contribution in [2.45, 2.75) is 31.6 Å². The molecule has 0 aliphatic heterocycles. The lowest BCUT2D eigenvalue weighted by Crippen LogP contribution is -1.95. The van der Waals surface area contributed by atoms with Gasteiger partial charge in [0.25, 0.3) is 0 Å². The van der Waals surface area contributed by atoms with Crippen molar-refractivity contribution in [2.24, 2.45) is 0 Å². The third-order valence-corrected chi connectivity index (χ3v) is 3.00. The first kappa shape index (κ1) is 9.50. The maximum absolute atomic E-state index is 13.4. The van der Waals surface area contributed by atoms with Crippen LogP contribution in [0, 0.1) is 5.82 Å². The summed E-state index contributed by atoms with van der Waals surface area (Å²) >= 11 is 0. The van der Waals surface area contributed by atoms with Crippen LogP contribution in [0.15, 0.2) is 18.2 Å². The lowest BCUT2D eigenvalue weighted by atomic mass is 9.97. The van der Waals surface area contributed by atoms with Gasteiger partial charge in [0.1, 0.15) is 0 Å². The molecular weight excluding hydrogens is 179 g/mol. The molecule has 1 aromatic rings. The van der Waals surface area contributed by atoms with Crippen molar-refractivity contribution in [3.8, 4) is 5.75 Å². The zero-order valence-corrected chi connectivity index (χ0v) is 8.42. The molecule has 2 heteroatoms. The molecule has 76 valence electrons. The van der Waals surface area contributed by atoms with E-state index in [1.165, 1.54) is 32.8 Å². The van der Waals surface area contributed by atoms with Crippen LogP contribution in [0.5, 0.6) is 5.75 Å². The van der Waals surface area contributed by atoms with E-state index >= 15 is 0 Å². The van der Waals surface area contributed by atoms with E-state index in [9.17, 15) is 4.39 Å². The fourth-order valence-corrected chi connectivity index (χ4v) is 2.20. The Labute approximate surface area is 83.9 Å². The monoisotopic (exact) mass is 194 g/mol. The highest BCUT2D eigenvalue weighted by atomic mass is 19.1. The fraction of sp³-hybridized carbons (Fsp3) is 0.500. The van der Waals surface area contributed by atoms with Gasteiger partial charge >= 0.3 is 0 Å². The van der Waals surface area contributed by atoms with Gasteiger partial charge in [-0.05, 0) is 36.5 Å².